The maximum Gasteiger partial charge on any atom is 0.338 e. The van der Waals surface area contributed by atoms with Gasteiger partial charge in [0.2, 0.25) is 0 Å². The van der Waals surface area contributed by atoms with Gasteiger partial charge in [-0.05, 0) is 61.7 Å². The number of hydrogen-bond donors (Lipinski definition) is 6. The summed E-state index contributed by atoms with van der Waals surface area (Å²) in [6.45, 7) is -0.566. The van der Waals surface area contributed by atoms with Crippen molar-refractivity contribution in [3.05, 3.63) is 186 Å². The molecule has 6 atom stereocenters. The first kappa shape index (κ1) is 82.2. The van der Waals surface area contributed by atoms with Crippen LogP contribution in [0.2, 0.25) is 15.1 Å². The molecule has 12 rings (SSSR count). The van der Waals surface area contributed by atoms with Gasteiger partial charge in [-0.3, -0.25) is 44.1 Å². The largest absolute Gasteiger partial charge is 0.481 e. The number of nitrogens with zero attached hydrogens (tertiary/aromatic N) is 9. The number of carbonyl (C=O) groups is 6. The number of thiazole rings is 3. The van der Waals surface area contributed by atoms with Gasteiger partial charge in [0.05, 0.1) is 63.6 Å². The molecule has 0 radical (unpaired) electrons. The Kier molecular flexibility index (Phi) is 27.1. The van der Waals surface area contributed by atoms with Crippen LogP contribution in [0, 0.1) is 11.6 Å². The van der Waals surface area contributed by atoms with Gasteiger partial charge in [0, 0.05) is 152 Å². The molecule has 6 N–H and O–H groups in total. The van der Waals surface area contributed by atoms with Gasteiger partial charge < -0.3 is 45.5 Å². The summed E-state index contributed by atoms with van der Waals surface area (Å²) in [6.07, 6.45) is 2.22. The number of aliphatic carboxylic acids is 3. The monoisotopic (exact) mass is 1690 g/mol. The van der Waals surface area contributed by atoms with Crippen LogP contribution in [-0.4, -0.2) is 194 Å². The molecule has 6 aliphatic rings. The quantitative estimate of drug-likeness (QED) is 0.0186. The molecule has 576 valence electrons. The molecular weight excluding hydrogens is 1620 g/mol. The Morgan fingerprint density at radius 1 is 0.537 bits per heavy atom. The van der Waals surface area contributed by atoms with E-state index in [4.69, 9.17) is 64.2 Å². The van der Waals surface area contributed by atoms with Gasteiger partial charge in [-0.25, -0.2) is 64.5 Å². The highest BCUT2D eigenvalue weighted by Gasteiger charge is 2.50. The zero-order valence-corrected chi connectivity index (χ0v) is 63.3. The molecule has 3 saturated heterocycles. The predicted molar refractivity (Wildman–Crippen MR) is 388 cm³/mol. The standard InChI is InChI=1S/C23H22BrF3N4O4S.C23H22Cl2F2N4O4S.C23H22ClF3N4O4S/c1-2-35-22(34)18-16(10-31-11-23(26,27)9-13(31)8-17(32)33)29-20(21-28-5-6-36-21)30-19(18)14-4-3-12(25)7-15(14)24;1-35-22(34)18-16(10-31-11-23(26,27)9-13(31)3-5-17(32)33)29-20(21-28-6-7-36-21)30-19(18)14-4-2-12(24)8-15(14)25;1-35-22(34)18-16(10-31-11-23(26,27)9-13(31)3-5-17(32)33)29-20(21-28-6-7-36-21)30-19(18)14-4-2-12(25)8-15(14)24/h3-7,13,19H,2,8-11H2,1H3,(H,29,30)(H,32,33);2*2,4,6-8,13,19H,3,5,9-11H2,1H3,(H,29,30)(H,32,33)/t13?,19-;13-,19-;13-,19+/m001/s1. The number of halogens is 12. The molecule has 0 saturated carbocycles. The smallest absolute Gasteiger partial charge is 0.338 e. The number of nitrogens with one attached hydrogen (secondary N) is 3. The molecule has 108 heavy (non-hydrogen) atoms. The van der Waals surface area contributed by atoms with Crippen LogP contribution in [0.25, 0.3) is 0 Å². The molecule has 3 aromatic carbocycles. The molecule has 6 aromatic rings. The predicted octanol–water partition coefficient (Wildman–Crippen LogP) is 12.7. The summed E-state index contributed by atoms with van der Waals surface area (Å²) in [5.41, 5.74) is 2.23. The SMILES string of the molecule is CCOC(=O)C1=C(CN2CC(F)(F)CC2CC(=O)O)NC(c2nccs2)=N[C@H]1c1ccc(F)cc1Br.COC(=O)C1=C(CN2CC(F)(F)C[C@@H]2CCC(=O)O)NC(c2nccs2)=N[C@H]1c1ccc(Cl)cc1Cl.COC(=O)C1=C(CN2CC(F)(F)C[C@H]2CCC(=O)O)NC(c2nccs2)=N[C@H]1c1ccc(F)cc1Cl. The molecule has 1 unspecified atom stereocenters. The zero-order valence-electron chi connectivity index (χ0n) is 57.0. The first-order valence-corrected chi connectivity index (χ1v) is 37.4. The molecule has 3 fully saturated rings. The van der Waals surface area contributed by atoms with E-state index < -0.39 is 147 Å². The molecule has 6 aliphatic heterocycles. The lowest BCUT2D eigenvalue weighted by atomic mass is 9.95. The van der Waals surface area contributed by atoms with Gasteiger partial charge in [0.15, 0.2) is 32.5 Å². The maximum atomic E-state index is 14.4. The maximum absolute atomic E-state index is 14.4. The van der Waals surface area contributed by atoms with E-state index in [1.165, 1.54) is 99.3 Å². The topological polar surface area (TPSA) is 312 Å². The summed E-state index contributed by atoms with van der Waals surface area (Å²) in [7, 11) is 2.39. The number of aromatic nitrogens is 3. The summed E-state index contributed by atoms with van der Waals surface area (Å²) in [5, 5.41) is 44.0. The minimum Gasteiger partial charge on any atom is -0.481 e. The molecule has 0 aliphatic carbocycles. The highest BCUT2D eigenvalue weighted by Crippen LogP contribution is 2.44. The lowest BCUT2D eigenvalue weighted by Gasteiger charge is -2.31. The van der Waals surface area contributed by atoms with E-state index in [1.54, 1.807) is 53.8 Å². The Bertz CT molecular complexity index is 4380. The van der Waals surface area contributed by atoms with Crippen LogP contribution in [0.15, 0.2) is 143 Å². The van der Waals surface area contributed by atoms with Crippen LogP contribution in [0.5, 0.6) is 0 Å². The summed E-state index contributed by atoms with van der Waals surface area (Å²) in [5.74, 6) is -14.8. The molecule has 3 aromatic heterocycles. The van der Waals surface area contributed by atoms with Gasteiger partial charge >= 0.3 is 35.8 Å². The second-order valence-electron chi connectivity index (χ2n) is 25.2. The number of likely N-dealkylation sites (tertiary alicyclic amines) is 3. The molecule has 0 bridgehead atoms. The minimum absolute atomic E-state index is 0.0202. The number of ether oxygens (including phenoxy) is 3. The van der Waals surface area contributed by atoms with Crippen molar-refractivity contribution in [3.8, 4) is 0 Å². The van der Waals surface area contributed by atoms with E-state index in [1.807, 2.05) is 0 Å². The van der Waals surface area contributed by atoms with Crippen molar-refractivity contribution < 1.29 is 93.4 Å². The molecule has 0 spiro atoms. The number of carbonyl (C=O) groups excluding carboxylic acids is 3. The second-order valence-corrected chi connectivity index (χ2v) is 30.0. The fourth-order valence-corrected chi connectivity index (χ4v) is 16.2. The highest BCUT2D eigenvalue weighted by atomic mass is 79.9. The van der Waals surface area contributed by atoms with Gasteiger partial charge in [-0.2, -0.15) is 0 Å². The molecule has 0 amide bonds. The Morgan fingerprint density at radius 2 is 0.907 bits per heavy atom. The third-order valence-electron chi connectivity index (χ3n) is 17.7. The van der Waals surface area contributed by atoms with E-state index in [0.717, 1.165) is 6.07 Å². The van der Waals surface area contributed by atoms with Crippen LogP contribution < -0.4 is 16.0 Å². The molecule has 9 heterocycles. The number of methoxy groups -OCH3 is 2. The van der Waals surface area contributed by atoms with Crippen LogP contribution in [0.4, 0.5) is 35.1 Å². The third kappa shape index (κ3) is 20.6. The summed E-state index contributed by atoms with van der Waals surface area (Å²) in [4.78, 5) is 104. The van der Waals surface area contributed by atoms with E-state index in [0.29, 0.717) is 58.6 Å². The number of amidine groups is 3. The fraction of sp³-hybridized carbons (Fsp3) is 0.391. The van der Waals surface area contributed by atoms with Crippen molar-refractivity contribution >= 4 is 138 Å². The summed E-state index contributed by atoms with van der Waals surface area (Å²) < 4.78 is 129. The first-order chi connectivity index (χ1) is 51.2. The van der Waals surface area contributed by atoms with Gasteiger partial charge in [-0.1, -0.05) is 68.9 Å². The lowest BCUT2D eigenvalue weighted by molar-refractivity contribution is -0.139. The summed E-state index contributed by atoms with van der Waals surface area (Å²) >= 11 is 26.0. The number of esters is 3. The number of hydrogen-bond acceptors (Lipinski definition) is 24. The third-order valence-corrected chi connectivity index (χ3v) is 21.6. The van der Waals surface area contributed by atoms with Crippen LogP contribution >= 0.6 is 84.7 Å². The fourth-order valence-electron chi connectivity index (χ4n) is 13.1. The molecule has 39 heteroatoms. The normalized spacial score (nSPS) is 21.8. The van der Waals surface area contributed by atoms with E-state index in [-0.39, 0.29) is 95.9 Å². The zero-order chi connectivity index (χ0) is 78.1. The number of aliphatic imine (C=N–C) groups is 3. The van der Waals surface area contributed by atoms with Gasteiger partial charge in [0.1, 0.15) is 29.8 Å². The number of alkyl halides is 6. The van der Waals surface area contributed by atoms with Crippen molar-refractivity contribution in [2.75, 3.05) is 60.1 Å². The number of carboxylic acid groups (broad SMARTS) is 3. The minimum atomic E-state index is -3.08. The van der Waals surface area contributed by atoms with Crippen molar-refractivity contribution in [1.29, 1.82) is 0 Å². The average Bonchev–Trinajstić information content (AvgIpc) is 1.14. The second kappa shape index (κ2) is 35.6. The molecular formula is C69H66BrCl3F8N12O12S3. The van der Waals surface area contributed by atoms with E-state index >= 15 is 0 Å². The van der Waals surface area contributed by atoms with Crippen molar-refractivity contribution in [2.24, 2.45) is 15.0 Å². The number of rotatable bonds is 24. The highest BCUT2D eigenvalue weighted by molar-refractivity contribution is 9.10. The van der Waals surface area contributed by atoms with Crippen molar-refractivity contribution in [3.63, 3.8) is 0 Å². The van der Waals surface area contributed by atoms with Gasteiger partial charge in [0.25, 0.3) is 17.8 Å². The average molecular weight is 1690 g/mol. The first-order valence-electron chi connectivity index (χ1n) is 32.9. The Balaban J connectivity index is 0.000000173. The Labute approximate surface area is 646 Å². The van der Waals surface area contributed by atoms with Gasteiger partial charge in [-0.15, -0.1) is 34.0 Å². The number of carboxylic acids is 3. The van der Waals surface area contributed by atoms with E-state index in [9.17, 15) is 69.0 Å². The van der Waals surface area contributed by atoms with Crippen LogP contribution in [0.3, 0.4) is 0 Å². The lowest BCUT2D eigenvalue weighted by Crippen LogP contribution is -2.42. The van der Waals surface area contributed by atoms with Crippen LogP contribution in [-0.2, 0) is 43.0 Å². The Morgan fingerprint density at radius 3 is 1.27 bits per heavy atom. The van der Waals surface area contributed by atoms with Crippen molar-refractivity contribution in [1.82, 2.24) is 45.6 Å². The van der Waals surface area contributed by atoms with Crippen molar-refractivity contribution in [2.45, 2.75) is 112 Å². The Hall–Kier alpha value is -8.33. The summed E-state index contributed by atoms with van der Waals surface area (Å²) in [6, 6.07) is 7.14. The molecule has 24 nitrogen and oxygen atoms in total. The van der Waals surface area contributed by atoms with Crippen LogP contribution in [0.1, 0.15) is 108 Å². The van der Waals surface area contributed by atoms with E-state index in [2.05, 4.69) is 56.8 Å². The number of benzene rings is 3.